The van der Waals surface area contributed by atoms with E-state index in [9.17, 15) is 0 Å². The SMILES string of the molecule is C=C/C=C\C(=C)C(=C)/C(=C\C=C)c1nc(-c2ccc(-c3ccc4c(c3)-c3ccccc3C43c4ccccc4-c4ccccc43)cc2)nc(-c2ccccc2-c2ccccc2)n1. The molecule has 3 nitrogen and oxygen atoms in total. The first-order valence-electron chi connectivity index (χ1n) is 20.5. The molecule has 10 rings (SSSR count). The van der Waals surface area contributed by atoms with Crippen LogP contribution in [0.2, 0.25) is 0 Å². The Hall–Kier alpha value is -8.01. The highest BCUT2D eigenvalue weighted by Crippen LogP contribution is 2.63. The van der Waals surface area contributed by atoms with E-state index in [-0.39, 0.29) is 5.41 Å². The minimum Gasteiger partial charge on any atom is -0.208 e. The first kappa shape index (κ1) is 37.3. The second-order valence-corrected chi connectivity index (χ2v) is 15.4. The Morgan fingerprint density at radius 1 is 0.426 bits per heavy atom. The van der Waals surface area contributed by atoms with Crippen LogP contribution in [0, 0.1) is 0 Å². The van der Waals surface area contributed by atoms with Crippen molar-refractivity contribution in [1.82, 2.24) is 15.0 Å². The molecule has 2 aliphatic rings. The van der Waals surface area contributed by atoms with Crippen LogP contribution in [0.25, 0.3) is 72.9 Å². The lowest BCUT2D eigenvalue weighted by Gasteiger charge is -2.30. The molecule has 1 aromatic heterocycles. The van der Waals surface area contributed by atoms with Crippen LogP contribution in [0.4, 0.5) is 0 Å². The van der Waals surface area contributed by atoms with Gasteiger partial charge in [-0.25, -0.2) is 15.0 Å². The summed E-state index contributed by atoms with van der Waals surface area (Å²) in [6.07, 6.45) is 9.03. The van der Waals surface area contributed by atoms with Gasteiger partial charge in [-0.05, 0) is 84.0 Å². The van der Waals surface area contributed by atoms with Crippen LogP contribution in [0.5, 0.6) is 0 Å². The van der Waals surface area contributed by atoms with Gasteiger partial charge in [0.25, 0.3) is 0 Å². The Kier molecular flexibility index (Phi) is 9.35. The molecule has 288 valence electrons. The molecule has 0 N–H and O–H groups in total. The van der Waals surface area contributed by atoms with Crippen LogP contribution < -0.4 is 0 Å². The average molecular weight is 780 g/mol. The zero-order valence-electron chi connectivity index (χ0n) is 33.7. The van der Waals surface area contributed by atoms with Crippen LogP contribution >= 0.6 is 0 Å². The molecule has 0 saturated carbocycles. The number of hydrogen-bond acceptors (Lipinski definition) is 3. The molecule has 0 fully saturated rings. The molecule has 0 aliphatic heterocycles. The summed E-state index contributed by atoms with van der Waals surface area (Å²) in [4.78, 5) is 15.4. The molecule has 0 radical (unpaired) electrons. The molecule has 2 aliphatic carbocycles. The summed E-state index contributed by atoms with van der Waals surface area (Å²) in [5, 5.41) is 0. The maximum Gasteiger partial charge on any atom is 0.164 e. The van der Waals surface area contributed by atoms with Crippen molar-refractivity contribution >= 4 is 5.57 Å². The van der Waals surface area contributed by atoms with Crippen LogP contribution in [-0.2, 0) is 5.41 Å². The Morgan fingerprint density at radius 2 is 0.934 bits per heavy atom. The molecule has 1 spiro atoms. The van der Waals surface area contributed by atoms with Gasteiger partial charge in [-0.15, -0.1) is 0 Å². The van der Waals surface area contributed by atoms with Gasteiger partial charge in [0.2, 0.25) is 0 Å². The third-order valence-corrected chi connectivity index (χ3v) is 12.0. The number of hydrogen-bond donors (Lipinski definition) is 0. The van der Waals surface area contributed by atoms with E-state index in [1.54, 1.807) is 12.2 Å². The Bertz CT molecular complexity index is 3100. The Morgan fingerprint density at radius 3 is 1.56 bits per heavy atom. The van der Waals surface area contributed by atoms with E-state index < -0.39 is 0 Å². The zero-order chi connectivity index (χ0) is 41.5. The highest BCUT2D eigenvalue weighted by Gasteiger charge is 2.51. The van der Waals surface area contributed by atoms with E-state index in [4.69, 9.17) is 15.0 Å². The first-order valence-corrected chi connectivity index (χ1v) is 20.5. The normalized spacial score (nSPS) is 13.0. The third-order valence-electron chi connectivity index (χ3n) is 12.0. The summed E-state index contributed by atoms with van der Waals surface area (Å²) in [7, 11) is 0. The highest BCUT2D eigenvalue weighted by molar-refractivity contribution is 5.96. The van der Waals surface area contributed by atoms with Gasteiger partial charge in [0.1, 0.15) is 0 Å². The predicted molar refractivity (Wildman–Crippen MR) is 254 cm³/mol. The fourth-order valence-corrected chi connectivity index (χ4v) is 9.27. The largest absolute Gasteiger partial charge is 0.208 e. The van der Waals surface area contributed by atoms with Gasteiger partial charge < -0.3 is 0 Å². The summed E-state index contributed by atoms with van der Waals surface area (Å²) in [5.41, 5.74) is 18.3. The smallest absolute Gasteiger partial charge is 0.164 e. The minimum atomic E-state index is -0.368. The first-order chi connectivity index (χ1) is 30.0. The van der Waals surface area contributed by atoms with E-state index in [1.165, 1.54) is 44.5 Å². The van der Waals surface area contributed by atoms with Gasteiger partial charge in [0.15, 0.2) is 17.5 Å². The number of rotatable bonds is 10. The highest BCUT2D eigenvalue weighted by atomic mass is 15.0. The molecule has 0 bridgehead atoms. The summed E-state index contributed by atoms with van der Waals surface area (Å²) in [6.45, 7) is 16.5. The van der Waals surface area contributed by atoms with Crippen molar-refractivity contribution in [3.05, 3.63) is 266 Å². The number of nitrogens with zero attached hydrogens (tertiary/aromatic N) is 3. The van der Waals surface area contributed by atoms with Gasteiger partial charge >= 0.3 is 0 Å². The number of benzene rings is 7. The molecule has 3 heteroatoms. The fraction of sp³-hybridized carbons (Fsp3) is 0.0172. The van der Waals surface area contributed by atoms with E-state index in [2.05, 4.69) is 166 Å². The lowest BCUT2D eigenvalue weighted by atomic mass is 9.70. The number of aromatic nitrogens is 3. The molecule has 8 aromatic rings. The van der Waals surface area contributed by atoms with Crippen molar-refractivity contribution < 1.29 is 0 Å². The molecule has 7 aromatic carbocycles. The summed E-state index contributed by atoms with van der Waals surface area (Å²) in [5.74, 6) is 1.58. The van der Waals surface area contributed by atoms with Crippen molar-refractivity contribution in [1.29, 1.82) is 0 Å². The van der Waals surface area contributed by atoms with Crippen molar-refractivity contribution in [2.24, 2.45) is 0 Å². The van der Waals surface area contributed by atoms with Crippen molar-refractivity contribution in [3.8, 4) is 67.3 Å². The van der Waals surface area contributed by atoms with Crippen LogP contribution in [0.15, 0.2) is 238 Å². The summed E-state index contributed by atoms with van der Waals surface area (Å²) in [6, 6.07) is 60.8. The second-order valence-electron chi connectivity index (χ2n) is 15.4. The molecule has 0 unspecified atom stereocenters. The lowest BCUT2D eigenvalue weighted by Crippen LogP contribution is -2.25. The van der Waals surface area contributed by atoms with Gasteiger partial charge in [0, 0.05) is 16.7 Å². The van der Waals surface area contributed by atoms with Crippen LogP contribution in [0.1, 0.15) is 28.1 Å². The molecule has 0 atom stereocenters. The lowest BCUT2D eigenvalue weighted by molar-refractivity contribution is 0.794. The van der Waals surface area contributed by atoms with E-state index in [0.717, 1.165) is 39.0 Å². The molecule has 0 amide bonds. The fourth-order valence-electron chi connectivity index (χ4n) is 9.27. The Balaban J connectivity index is 1.08. The second kappa shape index (κ2) is 15.3. The maximum atomic E-state index is 5.15. The van der Waals surface area contributed by atoms with Gasteiger partial charge in [0.05, 0.1) is 5.41 Å². The number of fused-ring (bicyclic) bond motifs is 10. The predicted octanol–water partition coefficient (Wildman–Crippen LogP) is 14.3. The van der Waals surface area contributed by atoms with Gasteiger partial charge in [-0.3, -0.25) is 0 Å². The van der Waals surface area contributed by atoms with E-state index in [0.29, 0.717) is 28.6 Å². The van der Waals surface area contributed by atoms with Gasteiger partial charge in [-0.2, -0.15) is 0 Å². The van der Waals surface area contributed by atoms with Crippen LogP contribution in [0.3, 0.4) is 0 Å². The Labute approximate surface area is 357 Å². The standard InChI is InChI=1S/C58H41N3/c1-5-7-20-38(3)39(4)44(19-6-2)56-59-55(60-57(61-56)49-27-12-11-23-45(49)41-21-9-8-10-22-41)42-33-31-40(32-34-42)43-35-36-54-50(37-43)48-26-15-18-30-53(48)58(54)51-28-16-13-24-46(51)47-25-14-17-29-52(47)58/h5-37H,1-4H2/b20-7-,44-19+. The average Bonchev–Trinajstić information content (AvgIpc) is 3.79. The molecule has 0 saturated heterocycles. The minimum absolute atomic E-state index is 0.368. The molecular weight excluding hydrogens is 739 g/mol. The maximum absolute atomic E-state index is 5.15. The van der Waals surface area contributed by atoms with Gasteiger partial charge in [-0.1, -0.05) is 220 Å². The van der Waals surface area contributed by atoms with Crippen LogP contribution in [-0.4, -0.2) is 15.0 Å². The van der Waals surface area contributed by atoms with E-state index in [1.807, 2.05) is 48.6 Å². The molecule has 1 heterocycles. The molecular formula is C58H41N3. The number of allylic oxidation sites excluding steroid dienone is 8. The third kappa shape index (κ3) is 6.10. The monoisotopic (exact) mass is 779 g/mol. The zero-order valence-corrected chi connectivity index (χ0v) is 33.7. The van der Waals surface area contributed by atoms with Crippen molar-refractivity contribution in [2.45, 2.75) is 5.41 Å². The summed E-state index contributed by atoms with van der Waals surface area (Å²) < 4.78 is 0. The van der Waals surface area contributed by atoms with Crippen molar-refractivity contribution in [3.63, 3.8) is 0 Å². The quantitative estimate of drug-likeness (QED) is 0.130. The van der Waals surface area contributed by atoms with E-state index >= 15 is 0 Å². The summed E-state index contributed by atoms with van der Waals surface area (Å²) >= 11 is 0. The molecule has 61 heavy (non-hydrogen) atoms. The topological polar surface area (TPSA) is 38.7 Å². The van der Waals surface area contributed by atoms with Crippen molar-refractivity contribution in [2.75, 3.05) is 0 Å².